The fraction of sp³-hybridized carbons (Fsp3) is 0.886. The van der Waals surface area contributed by atoms with E-state index < -0.39 is 5.79 Å². The van der Waals surface area contributed by atoms with Gasteiger partial charge in [0, 0.05) is 31.1 Å². The highest BCUT2D eigenvalue weighted by Crippen LogP contribution is 2.64. The van der Waals surface area contributed by atoms with Crippen LogP contribution in [0.15, 0.2) is 11.6 Å². The third-order valence-corrected chi connectivity index (χ3v) is 11.6. The molecule has 0 aromatic carbocycles. The van der Waals surface area contributed by atoms with E-state index in [-0.39, 0.29) is 16.8 Å². The molecule has 222 valence electrons. The number of allylic oxidation sites excluding steroid dienone is 1. The second kappa shape index (κ2) is 13.7. The number of esters is 1. The minimum atomic E-state index is -1.35. The SMILES string of the molecule is CCCCCCCCCCCCCCCC(=O)O[C@@]1(O)CC[C@@]2(C)C(=CC[C@@H]3[C@@H]2CC[C@]2(C)C(=O)CC[C@@H]32)C1. The lowest BCUT2D eigenvalue weighted by Crippen LogP contribution is -2.53. The van der Waals surface area contributed by atoms with E-state index in [1.54, 1.807) is 0 Å². The fourth-order valence-corrected chi connectivity index (χ4v) is 9.03. The predicted octanol–water partition coefficient (Wildman–Crippen LogP) is 9.23. The van der Waals surface area contributed by atoms with Crippen LogP contribution in [0.2, 0.25) is 0 Å². The van der Waals surface area contributed by atoms with Gasteiger partial charge in [0.25, 0.3) is 0 Å². The smallest absolute Gasteiger partial charge is 0.308 e. The van der Waals surface area contributed by atoms with Crippen molar-refractivity contribution in [3.8, 4) is 0 Å². The van der Waals surface area contributed by atoms with Gasteiger partial charge in [-0.3, -0.25) is 9.59 Å². The zero-order valence-corrected chi connectivity index (χ0v) is 25.5. The predicted molar refractivity (Wildman–Crippen MR) is 158 cm³/mol. The number of carbonyl (C=O) groups is 2. The molecule has 4 aliphatic carbocycles. The lowest BCUT2D eigenvalue weighted by Gasteiger charge is -2.57. The molecule has 3 fully saturated rings. The molecule has 0 aliphatic heterocycles. The molecule has 4 rings (SSSR count). The Hall–Kier alpha value is -1.16. The molecule has 1 N–H and O–H groups in total. The summed E-state index contributed by atoms with van der Waals surface area (Å²) < 4.78 is 5.75. The standard InChI is InChI=1S/C35H58O4/c1-4-5-6-7-8-9-10-11-12-13-14-15-16-17-32(37)39-35(38)25-24-33(2)27(26-35)18-19-28-29-20-21-31(36)34(29,3)23-22-30(28)33/h18,28-30,38H,4-17,19-26H2,1-3H3/t28-,29-,30-,33-,34-,35-/m0/s1. The summed E-state index contributed by atoms with van der Waals surface area (Å²) in [5, 5.41) is 11.3. The number of fused-ring (bicyclic) bond motifs is 5. The van der Waals surface area contributed by atoms with Gasteiger partial charge in [0.1, 0.15) is 5.78 Å². The van der Waals surface area contributed by atoms with Crippen molar-refractivity contribution in [1.29, 1.82) is 0 Å². The molecule has 4 nitrogen and oxygen atoms in total. The molecule has 6 atom stereocenters. The van der Waals surface area contributed by atoms with Crippen molar-refractivity contribution >= 4 is 11.8 Å². The first kappa shape index (κ1) is 30.8. The Morgan fingerprint density at radius 1 is 0.846 bits per heavy atom. The van der Waals surface area contributed by atoms with Crippen molar-refractivity contribution in [3.63, 3.8) is 0 Å². The summed E-state index contributed by atoms with van der Waals surface area (Å²) in [6.45, 7) is 6.87. The van der Waals surface area contributed by atoms with E-state index in [9.17, 15) is 14.7 Å². The lowest BCUT2D eigenvalue weighted by atomic mass is 9.48. The van der Waals surface area contributed by atoms with E-state index in [1.165, 1.54) is 76.2 Å². The van der Waals surface area contributed by atoms with Gasteiger partial charge in [-0.05, 0) is 61.7 Å². The zero-order valence-electron chi connectivity index (χ0n) is 25.5. The van der Waals surface area contributed by atoms with Gasteiger partial charge in [-0.1, -0.05) is 109 Å². The molecule has 0 unspecified atom stereocenters. The minimum Gasteiger partial charge on any atom is -0.433 e. The number of carbonyl (C=O) groups excluding carboxylic acids is 2. The summed E-state index contributed by atoms with van der Waals surface area (Å²) in [6, 6.07) is 0. The van der Waals surface area contributed by atoms with Gasteiger partial charge in [-0.15, -0.1) is 0 Å². The molecular weight excluding hydrogens is 484 g/mol. The molecule has 0 spiro atoms. The van der Waals surface area contributed by atoms with Crippen molar-refractivity contribution in [1.82, 2.24) is 0 Å². The van der Waals surface area contributed by atoms with Crippen molar-refractivity contribution in [2.24, 2.45) is 28.6 Å². The zero-order chi connectivity index (χ0) is 27.9. The molecule has 0 radical (unpaired) electrons. The van der Waals surface area contributed by atoms with Gasteiger partial charge < -0.3 is 9.84 Å². The number of rotatable bonds is 15. The summed E-state index contributed by atoms with van der Waals surface area (Å²) in [7, 11) is 0. The molecule has 39 heavy (non-hydrogen) atoms. The van der Waals surface area contributed by atoms with Crippen LogP contribution in [0.1, 0.15) is 162 Å². The summed E-state index contributed by atoms with van der Waals surface area (Å²) in [6.07, 6.45) is 26.2. The van der Waals surface area contributed by atoms with E-state index in [1.807, 2.05) is 0 Å². The number of hydrogen-bond donors (Lipinski definition) is 1. The largest absolute Gasteiger partial charge is 0.433 e. The van der Waals surface area contributed by atoms with Crippen LogP contribution < -0.4 is 0 Å². The number of ether oxygens (including phenoxy) is 1. The molecule has 4 heteroatoms. The first-order valence-electron chi connectivity index (χ1n) is 16.9. The second-order valence-electron chi connectivity index (χ2n) is 14.3. The van der Waals surface area contributed by atoms with Crippen LogP contribution in [0.5, 0.6) is 0 Å². The first-order valence-corrected chi connectivity index (χ1v) is 16.9. The Balaban J connectivity index is 1.13. The van der Waals surface area contributed by atoms with Crippen LogP contribution in [-0.2, 0) is 14.3 Å². The third-order valence-electron chi connectivity index (χ3n) is 11.6. The van der Waals surface area contributed by atoms with E-state index in [2.05, 4.69) is 26.8 Å². The molecule has 0 saturated heterocycles. The molecule has 0 aromatic heterocycles. The molecule has 0 aromatic rings. The van der Waals surface area contributed by atoms with Crippen molar-refractivity contribution in [2.45, 2.75) is 168 Å². The number of hydrogen-bond acceptors (Lipinski definition) is 4. The molecule has 3 saturated carbocycles. The fourth-order valence-electron chi connectivity index (χ4n) is 9.03. The average Bonchev–Trinajstić information content (AvgIpc) is 3.21. The Bertz CT molecular complexity index is 863. The van der Waals surface area contributed by atoms with Crippen LogP contribution in [0.3, 0.4) is 0 Å². The van der Waals surface area contributed by atoms with Crippen LogP contribution in [0, 0.1) is 28.6 Å². The van der Waals surface area contributed by atoms with E-state index in [4.69, 9.17) is 4.74 Å². The van der Waals surface area contributed by atoms with Crippen molar-refractivity contribution < 1.29 is 19.4 Å². The van der Waals surface area contributed by atoms with Gasteiger partial charge in [-0.2, -0.15) is 0 Å². The van der Waals surface area contributed by atoms with Crippen molar-refractivity contribution in [3.05, 3.63) is 11.6 Å². The van der Waals surface area contributed by atoms with Crippen molar-refractivity contribution in [2.75, 3.05) is 0 Å². The summed E-state index contributed by atoms with van der Waals surface area (Å²) in [5.41, 5.74) is 1.24. The number of aliphatic hydroxyl groups is 1. The first-order chi connectivity index (χ1) is 18.7. The highest BCUT2D eigenvalue weighted by atomic mass is 16.7. The van der Waals surface area contributed by atoms with Crippen LogP contribution in [0.25, 0.3) is 0 Å². The van der Waals surface area contributed by atoms with E-state index >= 15 is 0 Å². The maximum atomic E-state index is 12.7. The molecular formula is C35H58O4. The molecule has 0 amide bonds. The Kier molecular flexibility index (Phi) is 10.8. The normalized spacial score (nSPS) is 35.6. The highest BCUT2D eigenvalue weighted by molar-refractivity contribution is 5.87. The quantitative estimate of drug-likeness (QED) is 0.0969. The molecule has 0 heterocycles. The van der Waals surface area contributed by atoms with E-state index in [0.29, 0.717) is 42.8 Å². The summed E-state index contributed by atoms with van der Waals surface area (Å²) in [5.74, 6) is 0.562. The summed E-state index contributed by atoms with van der Waals surface area (Å²) >= 11 is 0. The average molecular weight is 543 g/mol. The second-order valence-corrected chi connectivity index (χ2v) is 14.3. The maximum Gasteiger partial charge on any atom is 0.308 e. The monoisotopic (exact) mass is 542 g/mol. The van der Waals surface area contributed by atoms with Gasteiger partial charge >= 0.3 is 5.97 Å². The molecule has 4 aliphatic rings. The number of unbranched alkanes of at least 4 members (excludes halogenated alkanes) is 12. The van der Waals surface area contributed by atoms with Gasteiger partial charge in [0.15, 0.2) is 0 Å². The maximum absolute atomic E-state index is 12.7. The number of ketones is 1. The van der Waals surface area contributed by atoms with Crippen LogP contribution in [-0.4, -0.2) is 22.6 Å². The minimum absolute atomic E-state index is 0.0591. The van der Waals surface area contributed by atoms with Crippen LogP contribution >= 0.6 is 0 Å². The van der Waals surface area contributed by atoms with Gasteiger partial charge in [0.05, 0.1) is 0 Å². The number of Topliss-reactive ketones (excluding diaryl/α,β-unsaturated/α-hetero) is 1. The summed E-state index contributed by atoms with van der Waals surface area (Å²) in [4.78, 5) is 25.3. The Labute approximate surface area is 239 Å². The topological polar surface area (TPSA) is 63.6 Å². The van der Waals surface area contributed by atoms with Gasteiger partial charge in [0.2, 0.25) is 5.79 Å². The third kappa shape index (κ3) is 7.19. The van der Waals surface area contributed by atoms with E-state index in [0.717, 1.165) is 51.4 Å². The molecule has 0 bridgehead atoms. The van der Waals surface area contributed by atoms with Gasteiger partial charge in [-0.25, -0.2) is 0 Å². The Morgan fingerprint density at radius 3 is 2.08 bits per heavy atom. The lowest BCUT2D eigenvalue weighted by molar-refractivity contribution is -0.223. The Morgan fingerprint density at radius 2 is 1.44 bits per heavy atom. The highest BCUT2D eigenvalue weighted by Gasteiger charge is 2.59. The van der Waals surface area contributed by atoms with Crippen LogP contribution in [0.4, 0.5) is 0 Å².